The molecule has 0 radical (unpaired) electrons. The van der Waals surface area contributed by atoms with Gasteiger partial charge in [-0.15, -0.1) is 0 Å². The fourth-order valence-corrected chi connectivity index (χ4v) is 3.05. The molecule has 1 aliphatic heterocycles. The summed E-state index contributed by atoms with van der Waals surface area (Å²) in [6, 6.07) is 12.1. The largest absolute Gasteiger partial charge is 0.356 e. The van der Waals surface area contributed by atoms with E-state index in [4.69, 9.17) is 4.98 Å². The van der Waals surface area contributed by atoms with E-state index in [0.29, 0.717) is 6.54 Å². The Morgan fingerprint density at radius 3 is 2.79 bits per heavy atom. The molecule has 5 nitrogen and oxygen atoms in total. The van der Waals surface area contributed by atoms with Crippen molar-refractivity contribution in [1.29, 1.82) is 0 Å². The number of hydrogen-bond donors (Lipinski definition) is 1. The van der Waals surface area contributed by atoms with E-state index in [0.717, 1.165) is 36.6 Å². The number of hydrogen-bond acceptors (Lipinski definition) is 4. The highest BCUT2D eigenvalue weighted by Gasteiger charge is 2.27. The van der Waals surface area contributed by atoms with Crippen LogP contribution in [-0.4, -0.2) is 35.0 Å². The van der Waals surface area contributed by atoms with Gasteiger partial charge >= 0.3 is 0 Å². The molecule has 1 aromatic carbocycles. The number of benzene rings is 1. The third-order valence-electron chi connectivity index (χ3n) is 4.22. The Morgan fingerprint density at radius 2 is 2.04 bits per heavy atom. The van der Waals surface area contributed by atoms with Crippen molar-refractivity contribution < 1.29 is 4.79 Å². The Bertz CT molecular complexity index is 687. The van der Waals surface area contributed by atoms with Gasteiger partial charge in [0.05, 0.1) is 5.92 Å². The number of carbonyl (C=O) groups is 1. The van der Waals surface area contributed by atoms with E-state index in [1.807, 2.05) is 50.2 Å². The zero-order valence-electron chi connectivity index (χ0n) is 14.3. The number of carbonyl (C=O) groups excluding carboxylic acids is 1. The molecule has 0 aliphatic carbocycles. The average molecular weight is 324 g/mol. The molecule has 24 heavy (non-hydrogen) atoms. The maximum absolute atomic E-state index is 12.3. The van der Waals surface area contributed by atoms with E-state index in [2.05, 4.69) is 15.2 Å². The second-order valence-electron chi connectivity index (χ2n) is 6.55. The summed E-state index contributed by atoms with van der Waals surface area (Å²) in [6.07, 6.45) is 3.73. The molecule has 0 unspecified atom stereocenters. The molecular formula is C19H24N4O. The molecule has 126 valence electrons. The molecule has 5 heteroatoms. The maximum Gasteiger partial charge on any atom is 0.225 e. The molecule has 2 heterocycles. The van der Waals surface area contributed by atoms with Gasteiger partial charge in [0.15, 0.2) is 5.82 Å². The lowest BCUT2D eigenvalue weighted by Gasteiger charge is -2.33. The van der Waals surface area contributed by atoms with Crippen LogP contribution in [0.2, 0.25) is 0 Å². The second-order valence-corrected chi connectivity index (χ2v) is 6.55. The number of nitrogens with zero attached hydrogens (tertiary/aromatic N) is 3. The van der Waals surface area contributed by atoms with Crippen LogP contribution in [0, 0.1) is 5.92 Å². The molecule has 1 saturated heterocycles. The third-order valence-corrected chi connectivity index (χ3v) is 4.22. The maximum atomic E-state index is 12.3. The molecule has 1 aliphatic rings. The molecular weight excluding hydrogens is 300 g/mol. The summed E-state index contributed by atoms with van der Waals surface area (Å²) in [4.78, 5) is 23.6. The van der Waals surface area contributed by atoms with E-state index >= 15 is 0 Å². The number of aromatic nitrogens is 2. The van der Waals surface area contributed by atoms with Crippen molar-refractivity contribution in [3.8, 4) is 11.4 Å². The SMILES string of the molecule is CC(C)NC(=O)[C@H]1CCCN(c2ccnc(-c3ccccc3)n2)C1. The molecule has 1 N–H and O–H groups in total. The minimum absolute atomic E-state index is 0.0243. The molecule has 1 fully saturated rings. The van der Waals surface area contributed by atoms with E-state index in [-0.39, 0.29) is 17.9 Å². The lowest BCUT2D eigenvalue weighted by atomic mass is 9.97. The van der Waals surface area contributed by atoms with Crippen molar-refractivity contribution >= 4 is 11.7 Å². The Kier molecular flexibility index (Phi) is 5.08. The fourth-order valence-electron chi connectivity index (χ4n) is 3.05. The standard InChI is InChI=1S/C19H24N4O/c1-14(2)21-19(24)16-9-6-12-23(13-16)17-10-11-20-18(22-17)15-7-4-3-5-8-15/h3-5,7-8,10-11,14,16H,6,9,12-13H2,1-2H3,(H,21,24)/t16-/m0/s1. The van der Waals surface area contributed by atoms with Crippen molar-refractivity contribution in [2.45, 2.75) is 32.7 Å². The van der Waals surface area contributed by atoms with Crippen molar-refractivity contribution in [2.24, 2.45) is 5.92 Å². The smallest absolute Gasteiger partial charge is 0.225 e. The first-order valence-corrected chi connectivity index (χ1v) is 8.57. The normalized spacial score (nSPS) is 17.8. The first-order chi connectivity index (χ1) is 11.6. The van der Waals surface area contributed by atoms with Gasteiger partial charge in [-0.05, 0) is 32.8 Å². The summed E-state index contributed by atoms with van der Waals surface area (Å²) >= 11 is 0. The first kappa shape index (κ1) is 16.4. The lowest BCUT2D eigenvalue weighted by molar-refractivity contribution is -0.125. The molecule has 3 rings (SSSR count). The van der Waals surface area contributed by atoms with Gasteiger partial charge in [-0.25, -0.2) is 9.97 Å². The van der Waals surface area contributed by atoms with Gasteiger partial charge < -0.3 is 10.2 Å². The first-order valence-electron chi connectivity index (χ1n) is 8.57. The second kappa shape index (κ2) is 7.43. The monoisotopic (exact) mass is 324 g/mol. The van der Waals surface area contributed by atoms with Crippen LogP contribution in [0.5, 0.6) is 0 Å². The van der Waals surface area contributed by atoms with Crippen molar-refractivity contribution in [1.82, 2.24) is 15.3 Å². The lowest BCUT2D eigenvalue weighted by Crippen LogP contribution is -2.45. The van der Waals surface area contributed by atoms with Gasteiger partial charge in [-0.3, -0.25) is 4.79 Å². The van der Waals surface area contributed by atoms with E-state index in [1.54, 1.807) is 6.20 Å². The minimum atomic E-state index is 0.0243. The highest BCUT2D eigenvalue weighted by atomic mass is 16.2. The summed E-state index contributed by atoms with van der Waals surface area (Å²) in [6.45, 7) is 5.63. The van der Waals surface area contributed by atoms with E-state index in [9.17, 15) is 4.79 Å². The Hall–Kier alpha value is -2.43. The summed E-state index contributed by atoms with van der Waals surface area (Å²) in [5.41, 5.74) is 1.01. The van der Waals surface area contributed by atoms with Crippen LogP contribution in [0.25, 0.3) is 11.4 Å². The molecule has 2 aromatic rings. The van der Waals surface area contributed by atoms with Crippen molar-refractivity contribution in [2.75, 3.05) is 18.0 Å². The zero-order valence-corrected chi connectivity index (χ0v) is 14.3. The van der Waals surface area contributed by atoms with Crippen molar-refractivity contribution in [3.05, 3.63) is 42.6 Å². The number of piperidine rings is 1. The molecule has 0 spiro atoms. The van der Waals surface area contributed by atoms with Gasteiger partial charge in [-0.1, -0.05) is 30.3 Å². The minimum Gasteiger partial charge on any atom is -0.356 e. The predicted octanol–water partition coefficient (Wildman–Crippen LogP) is 2.88. The van der Waals surface area contributed by atoms with Gasteiger partial charge in [0.2, 0.25) is 5.91 Å². The van der Waals surface area contributed by atoms with Gasteiger partial charge in [0.25, 0.3) is 0 Å². The summed E-state index contributed by atoms with van der Waals surface area (Å²) in [5, 5.41) is 3.02. The summed E-state index contributed by atoms with van der Waals surface area (Å²) < 4.78 is 0. The van der Waals surface area contributed by atoms with Crippen LogP contribution in [0.1, 0.15) is 26.7 Å². The number of anilines is 1. The molecule has 1 atom stereocenters. The van der Waals surface area contributed by atoms with Crippen LogP contribution in [0.3, 0.4) is 0 Å². The predicted molar refractivity (Wildman–Crippen MR) is 95.7 cm³/mol. The molecule has 1 amide bonds. The zero-order chi connectivity index (χ0) is 16.9. The third kappa shape index (κ3) is 3.91. The Morgan fingerprint density at radius 1 is 1.25 bits per heavy atom. The topological polar surface area (TPSA) is 58.1 Å². The molecule has 1 aromatic heterocycles. The molecule has 0 bridgehead atoms. The van der Waals surface area contributed by atoms with Crippen molar-refractivity contribution in [3.63, 3.8) is 0 Å². The number of nitrogens with one attached hydrogen (secondary N) is 1. The number of rotatable bonds is 4. The van der Waals surface area contributed by atoms with E-state index < -0.39 is 0 Å². The highest BCUT2D eigenvalue weighted by molar-refractivity contribution is 5.79. The Labute approximate surface area is 143 Å². The highest BCUT2D eigenvalue weighted by Crippen LogP contribution is 2.23. The van der Waals surface area contributed by atoms with Crippen LogP contribution < -0.4 is 10.2 Å². The Balaban J connectivity index is 1.75. The van der Waals surface area contributed by atoms with Crippen LogP contribution in [0.15, 0.2) is 42.6 Å². The quantitative estimate of drug-likeness (QED) is 0.939. The fraction of sp³-hybridized carbons (Fsp3) is 0.421. The average Bonchev–Trinajstić information content (AvgIpc) is 2.62. The van der Waals surface area contributed by atoms with E-state index in [1.165, 1.54) is 0 Å². The van der Waals surface area contributed by atoms with Crippen LogP contribution >= 0.6 is 0 Å². The molecule has 0 saturated carbocycles. The summed E-state index contributed by atoms with van der Waals surface area (Å²) in [5.74, 6) is 1.79. The van der Waals surface area contributed by atoms with Crippen LogP contribution in [0.4, 0.5) is 5.82 Å². The van der Waals surface area contributed by atoms with Gasteiger partial charge in [0, 0.05) is 30.9 Å². The van der Waals surface area contributed by atoms with Crippen LogP contribution in [-0.2, 0) is 4.79 Å². The summed E-state index contributed by atoms with van der Waals surface area (Å²) in [7, 11) is 0. The number of amides is 1. The van der Waals surface area contributed by atoms with Gasteiger partial charge in [0.1, 0.15) is 5.82 Å². The van der Waals surface area contributed by atoms with Gasteiger partial charge in [-0.2, -0.15) is 0 Å².